The number of likely N-dealkylation sites (tertiary alicyclic amines) is 1. The van der Waals surface area contributed by atoms with E-state index >= 15 is 0 Å². The van der Waals surface area contributed by atoms with Crippen LogP contribution in [-0.4, -0.2) is 35.5 Å². The third-order valence-corrected chi connectivity index (χ3v) is 5.14. The summed E-state index contributed by atoms with van der Waals surface area (Å²) < 4.78 is 0. The van der Waals surface area contributed by atoms with Crippen LogP contribution < -0.4 is 5.73 Å². The number of benzene rings is 1. The van der Waals surface area contributed by atoms with Gasteiger partial charge in [-0.3, -0.25) is 4.99 Å². The molecule has 0 saturated carbocycles. The standard InChI is InChI=1S/C18H24N4S/c1-14-6-5-11-22(12-14)18(19)20-10-9-16-13-23-17(21-16)15-7-3-2-4-8-15/h2-4,7-8,13-14H,5-6,9-12H2,1H3,(H2,19,20). The summed E-state index contributed by atoms with van der Waals surface area (Å²) in [4.78, 5) is 11.5. The molecule has 3 rings (SSSR count). The Balaban J connectivity index is 1.54. The van der Waals surface area contributed by atoms with Crippen molar-refractivity contribution in [2.75, 3.05) is 19.6 Å². The number of thiazole rings is 1. The van der Waals surface area contributed by atoms with Crippen molar-refractivity contribution in [2.45, 2.75) is 26.2 Å². The highest BCUT2D eigenvalue weighted by atomic mass is 32.1. The zero-order chi connectivity index (χ0) is 16.1. The lowest BCUT2D eigenvalue weighted by Gasteiger charge is -2.31. The van der Waals surface area contributed by atoms with Gasteiger partial charge in [-0.2, -0.15) is 0 Å². The number of aromatic nitrogens is 1. The number of nitrogens with zero attached hydrogens (tertiary/aromatic N) is 3. The van der Waals surface area contributed by atoms with Gasteiger partial charge in [0.15, 0.2) is 5.96 Å². The predicted molar refractivity (Wildman–Crippen MR) is 97.7 cm³/mol. The van der Waals surface area contributed by atoms with Crippen molar-refractivity contribution >= 4 is 17.3 Å². The molecule has 1 saturated heterocycles. The monoisotopic (exact) mass is 328 g/mol. The largest absolute Gasteiger partial charge is 0.370 e. The Morgan fingerprint density at radius 1 is 1.39 bits per heavy atom. The summed E-state index contributed by atoms with van der Waals surface area (Å²) in [5, 5.41) is 3.19. The van der Waals surface area contributed by atoms with Crippen LogP contribution in [0.25, 0.3) is 10.6 Å². The second kappa shape index (κ2) is 7.59. The van der Waals surface area contributed by atoms with Crippen molar-refractivity contribution < 1.29 is 0 Å². The summed E-state index contributed by atoms with van der Waals surface area (Å²) in [6, 6.07) is 10.3. The van der Waals surface area contributed by atoms with Crippen LogP contribution >= 0.6 is 11.3 Å². The predicted octanol–water partition coefficient (Wildman–Crippen LogP) is 3.40. The molecule has 0 radical (unpaired) electrons. The molecule has 1 atom stereocenters. The van der Waals surface area contributed by atoms with Gasteiger partial charge in [0, 0.05) is 37.0 Å². The lowest BCUT2D eigenvalue weighted by molar-refractivity contribution is 0.270. The van der Waals surface area contributed by atoms with Gasteiger partial charge in [0.1, 0.15) is 5.01 Å². The molecular formula is C18H24N4S. The highest BCUT2D eigenvalue weighted by Gasteiger charge is 2.17. The van der Waals surface area contributed by atoms with E-state index < -0.39 is 0 Å². The Bertz CT molecular complexity index is 650. The van der Waals surface area contributed by atoms with Crippen molar-refractivity contribution in [3.8, 4) is 10.6 Å². The van der Waals surface area contributed by atoms with Crippen LogP contribution in [0.15, 0.2) is 40.7 Å². The molecular weight excluding hydrogens is 304 g/mol. The van der Waals surface area contributed by atoms with Crippen LogP contribution in [-0.2, 0) is 6.42 Å². The van der Waals surface area contributed by atoms with E-state index in [0.717, 1.165) is 30.2 Å². The first-order valence-electron chi connectivity index (χ1n) is 8.27. The number of guanidine groups is 1. The average molecular weight is 328 g/mol. The van der Waals surface area contributed by atoms with Gasteiger partial charge < -0.3 is 10.6 Å². The molecule has 1 aliphatic rings. The Hall–Kier alpha value is -1.88. The molecule has 23 heavy (non-hydrogen) atoms. The summed E-state index contributed by atoms with van der Waals surface area (Å²) in [6.45, 7) is 5.05. The third-order valence-electron chi connectivity index (χ3n) is 4.20. The van der Waals surface area contributed by atoms with Crippen LogP contribution in [0.4, 0.5) is 0 Å². The first-order valence-corrected chi connectivity index (χ1v) is 9.15. The number of rotatable bonds is 4. The van der Waals surface area contributed by atoms with Crippen molar-refractivity contribution in [3.05, 3.63) is 41.4 Å². The van der Waals surface area contributed by atoms with E-state index in [9.17, 15) is 0 Å². The molecule has 0 spiro atoms. The van der Waals surface area contributed by atoms with E-state index in [1.807, 2.05) is 18.2 Å². The molecule has 1 fully saturated rings. The van der Waals surface area contributed by atoms with Gasteiger partial charge >= 0.3 is 0 Å². The maximum Gasteiger partial charge on any atom is 0.191 e. The Labute approximate surface area is 142 Å². The lowest BCUT2D eigenvalue weighted by Crippen LogP contribution is -2.43. The summed E-state index contributed by atoms with van der Waals surface area (Å²) >= 11 is 1.69. The van der Waals surface area contributed by atoms with Gasteiger partial charge in [0.05, 0.1) is 5.69 Å². The van der Waals surface area contributed by atoms with Crippen molar-refractivity contribution in [1.82, 2.24) is 9.88 Å². The normalized spacial score (nSPS) is 19.1. The maximum absolute atomic E-state index is 6.13. The minimum Gasteiger partial charge on any atom is -0.370 e. The fourth-order valence-corrected chi connectivity index (χ4v) is 3.78. The topological polar surface area (TPSA) is 54.5 Å². The number of piperidine rings is 1. The highest BCUT2D eigenvalue weighted by Crippen LogP contribution is 2.23. The smallest absolute Gasteiger partial charge is 0.191 e. The average Bonchev–Trinajstić information content (AvgIpc) is 3.04. The van der Waals surface area contributed by atoms with E-state index in [4.69, 9.17) is 10.7 Å². The van der Waals surface area contributed by atoms with Crippen LogP contribution in [0.1, 0.15) is 25.5 Å². The van der Waals surface area contributed by atoms with Crippen molar-refractivity contribution in [2.24, 2.45) is 16.6 Å². The van der Waals surface area contributed by atoms with E-state index in [2.05, 4.69) is 34.3 Å². The second-order valence-electron chi connectivity index (χ2n) is 6.19. The molecule has 1 aliphatic heterocycles. The first-order chi connectivity index (χ1) is 11.2. The summed E-state index contributed by atoms with van der Waals surface area (Å²) in [6.07, 6.45) is 3.35. The number of hydrogen-bond donors (Lipinski definition) is 1. The van der Waals surface area contributed by atoms with Crippen molar-refractivity contribution in [3.63, 3.8) is 0 Å². The van der Waals surface area contributed by atoms with E-state index in [1.54, 1.807) is 11.3 Å². The minimum absolute atomic E-state index is 0.690. The zero-order valence-corrected chi connectivity index (χ0v) is 14.4. The van der Waals surface area contributed by atoms with Crippen LogP contribution in [0.2, 0.25) is 0 Å². The van der Waals surface area contributed by atoms with E-state index in [0.29, 0.717) is 18.4 Å². The molecule has 2 N–H and O–H groups in total. The lowest BCUT2D eigenvalue weighted by atomic mass is 10.0. The molecule has 2 aromatic rings. The second-order valence-corrected chi connectivity index (χ2v) is 7.05. The Morgan fingerprint density at radius 2 is 2.22 bits per heavy atom. The molecule has 1 aromatic heterocycles. The molecule has 122 valence electrons. The molecule has 2 heterocycles. The van der Waals surface area contributed by atoms with E-state index in [1.165, 1.54) is 18.4 Å². The number of hydrogen-bond acceptors (Lipinski definition) is 3. The third kappa shape index (κ3) is 4.32. The molecule has 0 bridgehead atoms. The number of nitrogens with two attached hydrogens (primary N) is 1. The van der Waals surface area contributed by atoms with Gasteiger partial charge in [-0.15, -0.1) is 11.3 Å². The van der Waals surface area contributed by atoms with Gasteiger partial charge in [0.25, 0.3) is 0 Å². The SMILES string of the molecule is CC1CCCN(C(N)=NCCc2csc(-c3ccccc3)n2)C1. The first kappa shape index (κ1) is 16.0. The van der Waals surface area contributed by atoms with Crippen LogP contribution in [0.3, 0.4) is 0 Å². The maximum atomic E-state index is 6.13. The molecule has 4 nitrogen and oxygen atoms in total. The van der Waals surface area contributed by atoms with Gasteiger partial charge in [-0.1, -0.05) is 37.3 Å². The van der Waals surface area contributed by atoms with Crippen LogP contribution in [0, 0.1) is 5.92 Å². The molecule has 0 amide bonds. The summed E-state index contributed by atoms with van der Waals surface area (Å²) in [5.74, 6) is 1.40. The molecule has 1 aromatic carbocycles. The van der Waals surface area contributed by atoms with Gasteiger partial charge in [0.2, 0.25) is 0 Å². The minimum atomic E-state index is 0.690. The van der Waals surface area contributed by atoms with E-state index in [-0.39, 0.29) is 0 Å². The summed E-state index contributed by atoms with van der Waals surface area (Å²) in [7, 11) is 0. The quantitative estimate of drug-likeness (QED) is 0.691. The molecule has 0 aliphatic carbocycles. The molecule has 5 heteroatoms. The fourth-order valence-electron chi connectivity index (χ4n) is 2.92. The zero-order valence-electron chi connectivity index (χ0n) is 13.6. The Morgan fingerprint density at radius 3 is 3.00 bits per heavy atom. The summed E-state index contributed by atoms with van der Waals surface area (Å²) in [5.41, 5.74) is 8.40. The van der Waals surface area contributed by atoms with Gasteiger partial charge in [-0.25, -0.2) is 4.98 Å². The van der Waals surface area contributed by atoms with Crippen LogP contribution in [0.5, 0.6) is 0 Å². The van der Waals surface area contributed by atoms with Gasteiger partial charge in [-0.05, 0) is 18.8 Å². The highest BCUT2D eigenvalue weighted by molar-refractivity contribution is 7.13. The number of aliphatic imine (C=N–C) groups is 1. The molecule has 1 unspecified atom stereocenters. The fraction of sp³-hybridized carbons (Fsp3) is 0.444. The van der Waals surface area contributed by atoms with Crippen molar-refractivity contribution in [1.29, 1.82) is 0 Å². The Kier molecular flexibility index (Phi) is 5.28.